The molecule has 33 heavy (non-hydrogen) atoms. The molecule has 0 aliphatic heterocycles. The lowest BCUT2D eigenvalue weighted by molar-refractivity contribution is -0.141. The number of carbonyl (C=O) groups is 2. The zero-order valence-electron chi connectivity index (χ0n) is 19.0. The number of carbonyl (C=O) groups excluding carboxylic acids is 2. The molecule has 0 bridgehead atoms. The van der Waals surface area contributed by atoms with Gasteiger partial charge in [0.05, 0.1) is 0 Å². The number of nitrogens with one attached hydrogen (secondary N) is 1. The fourth-order valence-corrected chi connectivity index (χ4v) is 4.00. The summed E-state index contributed by atoms with van der Waals surface area (Å²) < 4.78 is 0. The van der Waals surface area contributed by atoms with E-state index in [0.717, 1.165) is 23.1 Å². The van der Waals surface area contributed by atoms with Crippen molar-refractivity contribution in [2.75, 3.05) is 6.54 Å². The van der Waals surface area contributed by atoms with Crippen molar-refractivity contribution in [3.63, 3.8) is 0 Å². The molecule has 0 fully saturated rings. The van der Waals surface area contributed by atoms with Gasteiger partial charge in [0.2, 0.25) is 11.8 Å². The van der Waals surface area contributed by atoms with E-state index in [1.165, 1.54) is 0 Å². The summed E-state index contributed by atoms with van der Waals surface area (Å²) in [4.78, 5) is 28.5. The number of benzene rings is 3. The molecule has 172 valence electrons. The second kappa shape index (κ2) is 12.8. The van der Waals surface area contributed by atoms with E-state index in [1.54, 1.807) is 4.90 Å². The van der Waals surface area contributed by atoms with Crippen molar-refractivity contribution in [3.8, 4) is 0 Å². The zero-order chi connectivity index (χ0) is 23.5. The van der Waals surface area contributed by atoms with Gasteiger partial charge in [-0.3, -0.25) is 9.59 Å². The molecule has 0 unspecified atom stereocenters. The van der Waals surface area contributed by atoms with Gasteiger partial charge >= 0.3 is 0 Å². The standard InChI is InChI=1S/C28H31ClN2O2/c1-2-18-30-28(33)26(20-23-12-7-4-8-13-23)31(21-24-14-9-15-25(29)19-24)27(32)17-16-22-10-5-3-6-11-22/h3-15,19,26H,2,16-18,20-21H2,1H3,(H,30,33)/t26-/m0/s1. The molecular weight excluding hydrogens is 432 g/mol. The maximum absolute atomic E-state index is 13.5. The van der Waals surface area contributed by atoms with Crippen LogP contribution >= 0.6 is 11.6 Å². The van der Waals surface area contributed by atoms with E-state index in [2.05, 4.69) is 5.32 Å². The highest BCUT2D eigenvalue weighted by Gasteiger charge is 2.30. The second-order valence-corrected chi connectivity index (χ2v) is 8.57. The minimum atomic E-state index is -0.610. The third-order valence-corrected chi connectivity index (χ3v) is 5.77. The predicted octanol–water partition coefficient (Wildman–Crippen LogP) is 5.44. The number of halogens is 1. The molecule has 0 spiro atoms. The first-order valence-electron chi connectivity index (χ1n) is 11.5. The maximum Gasteiger partial charge on any atom is 0.243 e. The van der Waals surface area contributed by atoms with Crippen molar-refractivity contribution in [3.05, 3.63) is 107 Å². The predicted molar refractivity (Wildman–Crippen MR) is 134 cm³/mol. The monoisotopic (exact) mass is 462 g/mol. The number of aryl methyl sites for hydroxylation is 1. The van der Waals surface area contributed by atoms with Gasteiger partial charge in [-0.15, -0.1) is 0 Å². The Morgan fingerprint density at radius 3 is 2.15 bits per heavy atom. The molecule has 0 aliphatic rings. The molecule has 0 saturated carbocycles. The highest BCUT2D eigenvalue weighted by atomic mass is 35.5. The van der Waals surface area contributed by atoms with Crippen molar-refractivity contribution in [2.45, 2.75) is 45.2 Å². The van der Waals surface area contributed by atoms with Crippen molar-refractivity contribution in [1.82, 2.24) is 10.2 Å². The van der Waals surface area contributed by atoms with Crippen LogP contribution in [0.3, 0.4) is 0 Å². The summed E-state index contributed by atoms with van der Waals surface area (Å²) in [6.45, 7) is 2.92. The normalized spacial score (nSPS) is 11.6. The van der Waals surface area contributed by atoms with Gasteiger partial charge in [-0.2, -0.15) is 0 Å². The van der Waals surface area contributed by atoms with Gasteiger partial charge in [0.25, 0.3) is 0 Å². The lowest BCUT2D eigenvalue weighted by Crippen LogP contribution is -2.50. The van der Waals surface area contributed by atoms with E-state index in [4.69, 9.17) is 11.6 Å². The minimum absolute atomic E-state index is 0.0496. The van der Waals surface area contributed by atoms with E-state index in [1.807, 2.05) is 91.9 Å². The number of hydrogen-bond acceptors (Lipinski definition) is 2. The van der Waals surface area contributed by atoms with Gasteiger partial charge < -0.3 is 10.2 Å². The average molecular weight is 463 g/mol. The van der Waals surface area contributed by atoms with Gasteiger partial charge in [0.15, 0.2) is 0 Å². The summed E-state index contributed by atoms with van der Waals surface area (Å²) in [7, 11) is 0. The number of hydrogen-bond donors (Lipinski definition) is 1. The van der Waals surface area contributed by atoms with Crippen LogP contribution in [0.4, 0.5) is 0 Å². The van der Waals surface area contributed by atoms with Crippen LogP contribution in [0.5, 0.6) is 0 Å². The summed E-state index contributed by atoms with van der Waals surface area (Å²) in [5, 5.41) is 3.61. The maximum atomic E-state index is 13.5. The quantitative estimate of drug-likeness (QED) is 0.412. The summed E-state index contributed by atoms with van der Waals surface area (Å²) in [6, 6.07) is 26.6. The van der Waals surface area contributed by atoms with Crippen LogP contribution in [-0.2, 0) is 29.0 Å². The van der Waals surface area contributed by atoms with E-state index in [9.17, 15) is 9.59 Å². The fourth-order valence-electron chi connectivity index (χ4n) is 3.79. The molecule has 0 heterocycles. The molecule has 5 heteroatoms. The minimum Gasteiger partial charge on any atom is -0.354 e. The SMILES string of the molecule is CCCNC(=O)[C@H](Cc1ccccc1)N(Cc1cccc(Cl)c1)C(=O)CCc1ccccc1. The summed E-state index contributed by atoms with van der Waals surface area (Å²) >= 11 is 6.21. The summed E-state index contributed by atoms with van der Waals surface area (Å²) in [5.41, 5.74) is 3.02. The van der Waals surface area contributed by atoms with Crippen LogP contribution in [0, 0.1) is 0 Å². The van der Waals surface area contributed by atoms with Crippen molar-refractivity contribution < 1.29 is 9.59 Å². The van der Waals surface area contributed by atoms with Crippen molar-refractivity contribution in [1.29, 1.82) is 0 Å². The topological polar surface area (TPSA) is 49.4 Å². The second-order valence-electron chi connectivity index (χ2n) is 8.13. The molecule has 3 aromatic rings. The van der Waals surface area contributed by atoms with Crippen molar-refractivity contribution in [2.24, 2.45) is 0 Å². The molecule has 1 N–H and O–H groups in total. The third kappa shape index (κ3) is 7.76. The number of nitrogens with zero attached hydrogens (tertiary/aromatic N) is 1. The molecule has 3 aromatic carbocycles. The number of amides is 2. The van der Waals surface area contributed by atoms with E-state index in [0.29, 0.717) is 37.4 Å². The van der Waals surface area contributed by atoms with Crippen molar-refractivity contribution >= 4 is 23.4 Å². The van der Waals surface area contributed by atoms with E-state index in [-0.39, 0.29) is 11.8 Å². The van der Waals surface area contributed by atoms with Gasteiger partial charge in [0, 0.05) is 31.0 Å². The Morgan fingerprint density at radius 2 is 1.52 bits per heavy atom. The highest BCUT2D eigenvalue weighted by molar-refractivity contribution is 6.30. The largest absolute Gasteiger partial charge is 0.354 e. The lowest BCUT2D eigenvalue weighted by atomic mass is 10.0. The Hall–Kier alpha value is -3.11. The Bertz CT molecular complexity index is 1020. The zero-order valence-corrected chi connectivity index (χ0v) is 19.8. The molecular formula is C28H31ClN2O2. The fraction of sp³-hybridized carbons (Fsp3) is 0.286. The lowest BCUT2D eigenvalue weighted by Gasteiger charge is -2.31. The van der Waals surface area contributed by atoms with Gasteiger partial charge in [-0.05, 0) is 41.7 Å². The Balaban J connectivity index is 1.88. The first kappa shape index (κ1) is 24.5. The van der Waals surface area contributed by atoms with E-state index < -0.39 is 6.04 Å². The van der Waals surface area contributed by atoms with Crippen LogP contribution in [0.25, 0.3) is 0 Å². The Labute approximate surface area is 201 Å². The molecule has 0 aliphatic carbocycles. The van der Waals surface area contributed by atoms with Crippen LogP contribution < -0.4 is 5.32 Å². The van der Waals surface area contributed by atoms with E-state index >= 15 is 0 Å². The third-order valence-electron chi connectivity index (χ3n) is 5.53. The molecule has 4 nitrogen and oxygen atoms in total. The summed E-state index contributed by atoms with van der Waals surface area (Å²) in [6.07, 6.45) is 2.24. The van der Waals surface area contributed by atoms with Gasteiger partial charge in [-0.1, -0.05) is 91.3 Å². The molecule has 3 rings (SSSR count). The Kier molecular flexibility index (Phi) is 9.52. The molecule has 0 radical (unpaired) electrons. The molecule has 0 saturated heterocycles. The van der Waals surface area contributed by atoms with Gasteiger partial charge in [0.1, 0.15) is 6.04 Å². The van der Waals surface area contributed by atoms with Crippen LogP contribution in [0.2, 0.25) is 5.02 Å². The van der Waals surface area contributed by atoms with Crippen LogP contribution in [0.15, 0.2) is 84.9 Å². The van der Waals surface area contributed by atoms with Gasteiger partial charge in [-0.25, -0.2) is 0 Å². The van der Waals surface area contributed by atoms with Crippen LogP contribution in [-0.4, -0.2) is 29.3 Å². The smallest absolute Gasteiger partial charge is 0.243 e. The first-order chi connectivity index (χ1) is 16.1. The first-order valence-corrected chi connectivity index (χ1v) is 11.8. The Morgan fingerprint density at radius 1 is 0.879 bits per heavy atom. The molecule has 2 amide bonds. The number of rotatable bonds is 11. The molecule has 1 atom stereocenters. The van der Waals surface area contributed by atoms with Crippen LogP contribution in [0.1, 0.15) is 36.5 Å². The highest BCUT2D eigenvalue weighted by Crippen LogP contribution is 2.19. The molecule has 0 aromatic heterocycles. The summed E-state index contributed by atoms with van der Waals surface area (Å²) in [5.74, 6) is -0.179. The average Bonchev–Trinajstić information content (AvgIpc) is 2.84.